The van der Waals surface area contributed by atoms with Crippen LogP contribution in [0.15, 0.2) is 71.9 Å². The van der Waals surface area contributed by atoms with E-state index in [1.165, 1.54) is 12.1 Å². The normalized spacial score (nSPS) is 11.2. The first-order valence-electron chi connectivity index (χ1n) is 8.81. The van der Waals surface area contributed by atoms with Crippen molar-refractivity contribution in [1.82, 2.24) is 0 Å². The lowest BCUT2D eigenvalue weighted by Gasteiger charge is -2.08. The predicted octanol–water partition coefficient (Wildman–Crippen LogP) is 3.77. The minimum atomic E-state index is -0.638. The number of hydrogen-bond donors (Lipinski definition) is 2. The summed E-state index contributed by atoms with van der Waals surface area (Å²) >= 11 is 0. The Kier molecular flexibility index (Phi) is 6.09. The molecule has 3 aromatic rings. The molecule has 6 nitrogen and oxygen atoms in total. The van der Waals surface area contributed by atoms with Gasteiger partial charge in [0, 0.05) is 11.3 Å². The molecule has 0 radical (unpaired) electrons. The monoisotopic (exact) mass is 393 g/mol. The highest BCUT2D eigenvalue weighted by Gasteiger charge is 2.10. The number of ether oxygens (including phenoxy) is 1. The fourth-order valence-corrected chi connectivity index (χ4v) is 2.56. The summed E-state index contributed by atoms with van der Waals surface area (Å²) in [5.41, 5.74) is 14.8. The Labute approximate surface area is 167 Å². The Balaban J connectivity index is 1.59. The second-order valence-electron chi connectivity index (χ2n) is 6.31. The van der Waals surface area contributed by atoms with Crippen molar-refractivity contribution in [2.45, 2.75) is 13.5 Å². The number of carbonyl (C=O) groups excluding carboxylic acids is 1. The summed E-state index contributed by atoms with van der Waals surface area (Å²) in [4.78, 5) is 17.1. The van der Waals surface area contributed by atoms with Crippen LogP contribution < -0.4 is 16.2 Å². The second kappa shape index (κ2) is 8.88. The van der Waals surface area contributed by atoms with Crippen molar-refractivity contribution in [3.05, 3.63) is 94.8 Å². The Morgan fingerprint density at radius 3 is 2.41 bits per heavy atom. The van der Waals surface area contributed by atoms with Crippen molar-refractivity contribution < 1.29 is 18.8 Å². The lowest BCUT2D eigenvalue weighted by atomic mass is 10.1. The molecule has 4 N–H and O–H groups in total. The Morgan fingerprint density at radius 2 is 1.72 bits per heavy atom. The summed E-state index contributed by atoms with van der Waals surface area (Å²) in [6, 6.07) is 17.6. The molecule has 0 heterocycles. The van der Waals surface area contributed by atoms with Gasteiger partial charge in [-0.3, -0.25) is 0 Å². The van der Waals surface area contributed by atoms with Gasteiger partial charge in [0.1, 0.15) is 18.2 Å². The predicted molar refractivity (Wildman–Crippen MR) is 109 cm³/mol. The maximum atomic E-state index is 12.9. The van der Waals surface area contributed by atoms with Crippen molar-refractivity contribution in [1.29, 1.82) is 0 Å². The summed E-state index contributed by atoms with van der Waals surface area (Å²) in [7, 11) is 0. The smallest absolute Gasteiger partial charge is 0.365 e. The molecular weight excluding hydrogens is 373 g/mol. The van der Waals surface area contributed by atoms with Crippen molar-refractivity contribution >= 4 is 17.5 Å². The van der Waals surface area contributed by atoms with Gasteiger partial charge in [-0.2, -0.15) is 0 Å². The molecule has 0 saturated carbocycles. The largest absolute Gasteiger partial charge is 0.489 e. The molecule has 0 atom stereocenters. The van der Waals surface area contributed by atoms with Gasteiger partial charge in [-0.1, -0.05) is 29.4 Å². The zero-order valence-corrected chi connectivity index (χ0v) is 15.8. The summed E-state index contributed by atoms with van der Waals surface area (Å²) in [6.07, 6.45) is 0. The van der Waals surface area contributed by atoms with Crippen molar-refractivity contribution in [2.24, 2.45) is 10.9 Å². The third-order valence-corrected chi connectivity index (χ3v) is 4.29. The molecule has 29 heavy (non-hydrogen) atoms. The highest BCUT2D eigenvalue weighted by molar-refractivity contribution is 6.00. The molecule has 0 spiro atoms. The first-order chi connectivity index (χ1) is 13.9. The van der Waals surface area contributed by atoms with Crippen LogP contribution in [0.25, 0.3) is 0 Å². The van der Waals surface area contributed by atoms with E-state index in [4.69, 9.17) is 21.0 Å². The molecule has 0 fully saturated rings. The van der Waals surface area contributed by atoms with Gasteiger partial charge >= 0.3 is 5.97 Å². The van der Waals surface area contributed by atoms with E-state index in [0.29, 0.717) is 22.6 Å². The van der Waals surface area contributed by atoms with E-state index in [2.05, 4.69) is 5.16 Å². The summed E-state index contributed by atoms with van der Waals surface area (Å²) in [5.74, 6) is -0.348. The number of carbonyl (C=O) groups is 1. The fraction of sp³-hybridized carbons (Fsp3) is 0.0909. The van der Waals surface area contributed by atoms with Crippen molar-refractivity contribution in [3.8, 4) is 5.75 Å². The molecule has 0 aliphatic heterocycles. The van der Waals surface area contributed by atoms with Gasteiger partial charge in [0.05, 0.1) is 5.56 Å². The SMILES string of the molecule is Cc1c(N)cccc1/C(N)=N/OC(=O)c1ccc(COc2ccc(F)cc2)cc1. The summed E-state index contributed by atoms with van der Waals surface area (Å²) in [5, 5.41) is 3.71. The summed E-state index contributed by atoms with van der Waals surface area (Å²) in [6.45, 7) is 2.09. The van der Waals surface area contributed by atoms with Gasteiger partial charge in [-0.05, 0) is 60.5 Å². The lowest BCUT2D eigenvalue weighted by molar-refractivity contribution is 0.0516. The average molecular weight is 393 g/mol. The highest BCUT2D eigenvalue weighted by Crippen LogP contribution is 2.16. The molecule has 3 aromatic carbocycles. The number of amidine groups is 1. The van der Waals surface area contributed by atoms with Gasteiger partial charge in [0.15, 0.2) is 5.84 Å². The quantitative estimate of drug-likeness (QED) is 0.218. The first kappa shape index (κ1) is 19.9. The number of nitrogens with two attached hydrogens (primary N) is 2. The molecule has 148 valence electrons. The molecule has 0 aliphatic rings. The van der Waals surface area contributed by atoms with Crippen LogP contribution in [0.5, 0.6) is 5.75 Å². The van der Waals surface area contributed by atoms with Crippen LogP contribution in [-0.4, -0.2) is 11.8 Å². The second-order valence-corrected chi connectivity index (χ2v) is 6.31. The van der Waals surface area contributed by atoms with E-state index < -0.39 is 5.97 Å². The molecule has 0 aromatic heterocycles. The minimum Gasteiger partial charge on any atom is -0.489 e. The van der Waals surface area contributed by atoms with E-state index in [0.717, 1.165) is 11.1 Å². The van der Waals surface area contributed by atoms with Crippen LogP contribution >= 0.6 is 0 Å². The van der Waals surface area contributed by atoms with E-state index >= 15 is 0 Å². The van der Waals surface area contributed by atoms with Crippen LogP contribution in [-0.2, 0) is 11.4 Å². The Bertz CT molecular complexity index is 1030. The number of halogens is 1. The number of nitrogens with zero attached hydrogens (tertiary/aromatic N) is 1. The lowest BCUT2D eigenvalue weighted by Crippen LogP contribution is -2.17. The fourth-order valence-electron chi connectivity index (χ4n) is 2.56. The van der Waals surface area contributed by atoms with Gasteiger partial charge < -0.3 is 21.0 Å². The molecule has 0 amide bonds. The number of benzene rings is 3. The molecule has 0 aliphatic carbocycles. The van der Waals surface area contributed by atoms with Gasteiger partial charge in [0.25, 0.3) is 0 Å². The van der Waals surface area contributed by atoms with E-state index in [-0.39, 0.29) is 18.3 Å². The molecule has 0 saturated heterocycles. The third kappa shape index (κ3) is 5.10. The van der Waals surface area contributed by atoms with Crippen LogP contribution in [0, 0.1) is 12.7 Å². The third-order valence-electron chi connectivity index (χ3n) is 4.29. The zero-order valence-electron chi connectivity index (χ0n) is 15.8. The van der Waals surface area contributed by atoms with E-state index in [1.807, 2.05) is 6.92 Å². The Morgan fingerprint density at radius 1 is 1.03 bits per heavy atom. The number of nitrogen functional groups attached to an aromatic ring is 1. The average Bonchev–Trinajstić information content (AvgIpc) is 2.73. The highest BCUT2D eigenvalue weighted by atomic mass is 19.1. The van der Waals surface area contributed by atoms with Crippen LogP contribution in [0.3, 0.4) is 0 Å². The summed E-state index contributed by atoms with van der Waals surface area (Å²) < 4.78 is 18.5. The number of oxime groups is 1. The molecular formula is C22H20FN3O3. The number of anilines is 1. The minimum absolute atomic E-state index is 0.0625. The maximum absolute atomic E-state index is 12.9. The van der Waals surface area contributed by atoms with Gasteiger partial charge in [0.2, 0.25) is 0 Å². The van der Waals surface area contributed by atoms with Crippen LogP contribution in [0.4, 0.5) is 10.1 Å². The Hall–Kier alpha value is -3.87. The van der Waals surface area contributed by atoms with Crippen molar-refractivity contribution in [2.75, 3.05) is 5.73 Å². The van der Waals surface area contributed by atoms with E-state index in [1.54, 1.807) is 54.6 Å². The molecule has 0 bridgehead atoms. The van der Waals surface area contributed by atoms with Gasteiger partial charge in [-0.25, -0.2) is 9.18 Å². The number of hydrogen-bond acceptors (Lipinski definition) is 5. The van der Waals surface area contributed by atoms with Gasteiger partial charge in [-0.15, -0.1) is 0 Å². The van der Waals surface area contributed by atoms with Crippen LogP contribution in [0.2, 0.25) is 0 Å². The topological polar surface area (TPSA) is 99.9 Å². The number of rotatable bonds is 6. The first-order valence-corrected chi connectivity index (χ1v) is 8.81. The van der Waals surface area contributed by atoms with E-state index in [9.17, 15) is 9.18 Å². The van der Waals surface area contributed by atoms with Crippen molar-refractivity contribution in [3.63, 3.8) is 0 Å². The zero-order chi connectivity index (χ0) is 20.8. The molecule has 7 heteroatoms. The molecule has 3 rings (SSSR count). The van der Waals surface area contributed by atoms with Crippen LogP contribution in [0.1, 0.15) is 27.0 Å². The maximum Gasteiger partial charge on any atom is 0.365 e. The standard InChI is InChI=1S/C22H20FN3O3/c1-14-19(3-2-4-20(14)24)21(25)26-29-22(27)16-7-5-15(6-8-16)13-28-18-11-9-17(23)10-12-18/h2-12H,13,24H2,1H3,(H2,25,26). The molecule has 0 unspecified atom stereocenters.